The summed E-state index contributed by atoms with van der Waals surface area (Å²) in [5.74, 6) is 6.41. The largest absolute Gasteiger partial charge is 0.489 e. The lowest BCUT2D eigenvalue weighted by Gasteiger charge is -2.21. The smallest absolute Gasteiger partial charge is 0.270 e. The Kier molecular flexibility index (Phi) is 6.49. The molecule has 35 heavy (non-hydrogen) atoms. The van der Waals surface area contributed by atoms with E-state index in [1.165, 1.54) is 4.90 Å². The Balaban J connectivity index is 1.28. The monoisotopic (exact) mass is 488 g/mol. The first-order chi connectivity index (χ1) is 17.0. The molecule has 2 aliphatic heterocycles. The number of nitrogens with zero attached hydrogens (tertiary/aromatic N) is 3. The number of pyridine rings is 1. The van der Waals surface area contributed by atoms with Gasteiger partial charge in [-0.05, 0) is 42.8 Å². The van der Waals surface area contributed by atoms with Crippen LogP contribution in [0.4, 0.5) is 5.69 Å². The van der Waals surface area contributed by atoms with Crippen LogP contribution in [0.1, 0.15) is 32.3 Å². The molecule has 0 spiro atoms. The fraction of sp³-hybridized carbons (Fsp3) is 0.308. The van der Waals surface area contributed by atoms with Crippen LogP contribution in [-0.2, 0) is 16.0 Å². The van der Waals surface area contributed by atoms with Gasteiger partial charge in [0.25, 0.3) is 11.8 Å². The van der Waals surface area contributed by atoms with Crippen LogP contribution < -0.4 is 15.0 Å². The predicted octanol–water partition coefficient (Wildman–Crippen LogP) is 2.59. The van der Waals surface area contributed by atoms with E-state index in [0.29, 0.717) is 31.1 Å². The van der Waals surface area contributed by atoms with E-state index >= 15 is 0 Å². The lowest BCUT2D eigenvalue weighted by atomic mass is 10.1. The first-order valence-corrected chi connectivity index (χ1v) is 12.1. The van der Waals surface area contributed by atoms with Crippen LogP contribution in [0.2, 0.25) is 0 Å². The Morgan fingerprint density at radius 1 is 1.26 bits per heavy atom. The van der Waals surface area contributed by atoms with Gasteiger partial charge in [0.2, 0.25) is 0 Å². The van der Waals surface area contributed by atoms with Crippen molar-refractivity contribution >= 4 is 28.8 Å². The fourth-order valence-corrected chi connectivity index (χ4v) is 4.44. The summed E-state index contributed by atoms with van der Waals surface area (Å²) >= 11 is 1.59. The molecule has 3 aromatic rings. The second-order valence-electron chi connectivity index (χ2n) is 8.50. The topological polar surface area (TPSA) is 93.7 Å². The lowest BCUT2D eigenvalue weighted by Crippen LogP contribution is -2.49. The molecular weight excluding hydrogens is 464 g/mol. The van der Waals surface area contributed by atoms with Crippen molar-refractivity contribution in [2.45, 2.75) is 19.4 Å². The molecule has 1 unspecified atom stereocenters. The van der Waals surface area contributed by atoms with Gasteiger partial charge >= 0.3 is 0 Å². The third-order valence-corrected chi connectivity index (χ3v) is 6.65. The number of hydrogen-bond acceptors (Lipinski definition) is 7. The zero-order chi connectivity index (χ0) is 24.4. The molecule has 1 saturated heterocycles. The van der Waals surface area contributed by atoms with Gasteiger partial charge in [-0.3, -0.25) is 14.6 Å². The van der Waals surface area contributed by atoms with E-state index in [-0.39, 0.29) is 24.1 Å². The molecule has 0 saturated carbocycles. The summed E-state index contributed by atoms with van der Waals surface area (Å²) in [5, 5.41) is 5.78. The highest BCUT2D eigenvalue weighted by atomic mass is 32.1. The number of thiazole rings is 1. The number of aromatic nitrogens is 2. The third kappa shape index (κ3) is 5.19. The van der Waals surface area contributed by atoms with E-state index in [2.05, 4.69) is 27.1 Å². The van der Waals surface area contributed by atoms with Crippen LogP contribution in [-0.4, -0.2) is 54.7 Å². The van der Waals surface area contributed by atoms with Gasteiger partial charge in [0, 0.05) is 30.6 Å². The molecule has 1 atom stereocenters. The van der Waals surface area contributed by atoms with Gasteiger partial charge < -0.3 is 19.7 Å². The molecule has 9 heteroatoms. The second kappa shape index (κ2) is 9.86. The van der Waals surface area contributed by atoms with E-state index in [9.17, 15) is 9.59 Å². The highest BCUT2D eigenvalue weighted by Crippen LogP contribution is 2.31. The molecule has 0 radical (unpaired) electrons. The summed E-state index contributed by atoms with van der Waals surface area (Å²) < 4.78 is 11.0. The number of benzene rings is 1. The second-order valence-corrected chi connectivity index (χ2v) is 9.57. The Hall–Kier alpha value is -3.74. The summed E-state index contributed by atoms with van der Waals surface area (Å²) in [5.41, 5.74) is 3.51. The van der Waals surface area contributed by atoms with Crippen LogP contribution in [0.3, 0.4) is 0 Å². The van der Waals surface area contributed by atoms with E-state index in [4.69, 9.17) is 9.47 Å². The molecule has 1 N–H and O–H groups in total. The number of fused-ring (bicyclic) bond motifs is 1. The number of likely N-dealkylation sites (N-methyl/N-ethyl adjacent to an activating group) is 1. The number of hydrogen-bond donors (Lipinski definition) is 1. The maximum absolute atomic E-state index is 13.2. The van der Waals surface area contributed by atoms with Gasteiger partial charge in [-0.2, -0.15) is 0 Å². The number of nitrogens with one attached hydrogen (secondary N) is 1. The first-order valence-electron chi connectivity index (χ1n) is 11.3. The lowest BCUT2D eigenvalue weighted by molar-refractivity contribution is -0.120. The fourth-order valence-electron chi connectivity index (χ4n) is 3.82. The van der Waals surface area contributed by atoms with Crippen LogP contribution >= 0.6 is 11.3 Å². The van der Waals surface area contributed by atoms with Gasteiger partial charge in [-0.25, -0.2) is 4.98 Å². The van der Waals surface area contributed by atoms with Crippen LogP contribution in [0.15, 0.2) is 41.9 Å². The summed E-state index contributed by atoms with van der Waals surface area (Å²) in [7, 11) is 1.67. The van der Waals surface area contributed by atoms with E-state index in [1.54, 1.807) is 36.7 Å². The van der Waals surface area contributed by atoms with Crippen LogP contribution in [0.5, 0.6) is 5.75 Å². The Labute approximate surface area is 207 Å². The van der Waals surface area contributed by atoms with E-state index in [0.717, 1.165) is 21.8 Å². The minimum absolute atomic E-state index is 0.0180. The maximum atomic E-state index is 13.2. The van der Waals surface area contributed by atoms with Gasteiger partial charge in [0.05, 0.1) is 35.5 Å². The molecule has 2 aromatic heterocycles. The number of aryl methyl sites for hydroxylation is 1. The number of carbonyl (C=O) groups excluding carboxylic acids is 2. The average molecular weight is 489 g/mol. The molecule has 8 nitrogen and oxygen atoms in total. The molecule has 4 heterocycles. The Bertz CT molecular complexity index is 1340. The van der Waals surface area contributed by atoms with Crippen LogP contribution in [0, 0.1) is 24.7 Å². The standard InChI is InChI=1S/C26H24N4O4S/c1-16-28-20(15-35-16)9-18-7-8-27-21(10-18)25(31)29-22-14-34-24-6-5-17(3-4-19-12-33-13-19)11-23(24)30(2)26(22)32/h5-8,10-11,15,19,22H,9,12-14H2,1-2H3,(H,29,31). The molecule has 2 aliphatic rings. The molecule has 1 fully saturated rings. The summed E-state index contributed by atoms with van der Waals surface area (Å²) in [4.78, 5) is 36.3. The Morgan fingerprint density at radius 3 is 2.86 bits per heavy atom. The van der Waals surface area contributed by atoms with Crippen molar-refractivity contribution in [3.63, 3.8) is 0 Å². The molecule has 178 valence electrons. The van der Waals surface area contributed by atoms with Crippen molar-refractivity contribution in [2.75, 3.05) is 31.8 Å². The van der Waals surface area contributed by atoms with Crippen molar-refractivity contribution in [1.82, 2.24) is 15.3 Å². The molecule has 0 bridgehead atoms. The average Bonchev–Trinajstić information content (AvgIpc) is 3.19. The van der Waals surface area contributed by atoms with Gasteiger partial charge in [0.15, 0.2) is 0 Å². The zero-order valence-corrected chi connectivity index (χ0v) is 20.2. The first kappa shape index (κ1) is 23.0. The van der Waals surface area contributed by atoms with E-state index in [1.807, 2.05) is 30.5 Å². The molecular formula is C26H24N4O4S. The summed E-state index contributed by atoms with van der Waals surface area (Å²) in [6.45, 7) is 3.29. The minimum atomic E-state index is -0.854. The molecule has 1 aromatic carbocycles. The zero-order valence-electron chi connectivity index (χ0n) is 19.4. The SMILES string of the molecule is Cc1nc(Cc2ccnc(C(=O)NC3COc4ccc(C#CC5COC5)cc4N(C)C3=O)c2)cs1. The van der Waals surface area contributed by atoms with Crippen LogP contribution in [0.25, 0.3) is 0 Å². The number of amides is 2. The molecule has 5 rings (SSSR count). The number of carbonyl (C=O) groups is 2. The quantitative estimate of drug-likeness (QED) is 0.568. The van der Waals surface area contributed by atoms with Gasteiger partial charge in [-0.1, -0.05) is 11.8 Å². The summed E-state index contributed by atoms with van der Waals surface area (Å²) in [6, 6.07) is 8.22. The van der Waals surface area contributed by atoms with Crippen molar-refractivity contribution in [2.24, 2.45) is 5.92 Å². The number of anilines is 1. The molecule has 0 aliphatic carbocycles. The van der Waals surface area contributed by atoms with Gasteiger partial charge in [-0.15, -0.1) is 11.3 Å². The van der Waals surface area contributed by atoms with E-state index < -0.39 is 11.9 Å². The normalized spacial score (nSPS) is 17.4. The minimum Gasteiger partial charge on any atom is -0.489 e. The maximum Gasteiger partial charge on any atom is 0.270 e. The number of rotatable bonds is 4. The van der Waals surface area contributed by atoms with Crippen molar-refractivity contribution in [1.29, 1.82) is 0 Å². The highest BCUT2D eigenvalue weighted by Gasteiger charge is 2.31. The Morgan fingerprint density at radius 2 is 2.11 bits per heavy atom. The van der Waals surface area contributed by atoms with Crippen molar-refractivity contribution in [3.8, 4) is 17.6 Å². The predicted molar refractivity (Wildman–Crippen MR) is 132 cm³/mol. The molecule has 2 amide bonds. The summed E-state index contributed by atoms with van der Waals surface area (Å²) in [6.07, 6.45) is 2.20. The third-order valence-electron chi connectivity index (χ3n) is 5.83. The van der Waals surface area contributed by atoms with Crippen molar-refractivity contribution in [3.05, 3.63) is 69.4 Å². The van der Waals surface area contributed by atoms with Gasteiger partial charge in [0.1, 0.15) is 24.1 Å². The van der Waals surface area contributed by atoms with Crippen molar-refractivity contribution < 1.29 is 19.1 Å². The highest BCUT2D eigenvalue weighted by molar-refractivity contribution is 7.09. The number of ether oxygens (including phenoxy) is 2.